The van der Waals surface area contributed by atoms with Crippen LogP contribution in [0.5, 0.6) is 5.75 Å². The lowest BCUT2D eigenvalue weighted by Crippen LogP contribution is -2.33. The van der Waals surface area contributed by atoms with E-state index in [9.17, 15) is 8.42 Å². The van der Waals surface area contributed by atoms with Crippen LogP contribution < -0.4 is 4.74 Å². The van der Waals surface area contributed by atoms with E-state index in [4.69, 9.17) is 15.4 Å². The van der Waals surface area contributed by atoms with E-state index in [2.05, 4.69) is 0 Å². The molecule has 1 heterocycles. The average molecular weight is 303 g/mol. The molecule has 1 aromatic carbocycles. The highest BCUT2D eigenvalue weighted by Gasteiger charge is 2.32. The molecule has 0 bridgehead atoms. The fourth-order valence-electron chi connectivity index (χ4n) is 2.71. The molecule has 1 aliphatic heterocycles. The Bertz CT molecular complexity index is 645. The van der Waals surface area contributed by atoms with Crippen molar-refractivity contribution in [3.8, 4) is 5.75 Å². The summed E-state index contributed by atoms with van der Waals surface area (Å²) in [5.41, 5.74) is 3.04. The highest BCUT2D eigenvalue weighted by Crippen LogP contribution is 2.42. The van der Waals surface area contributed by atoms with Gasteiger partial charge in [-0.3, -0.25) is 0 Å². The summed E-state index contributed by atoms with van der Waals surface area (Å²) in [5.74, 6) is 0.829. The van der Waals surface area contributed by atoms with E-state index in [1.807, 2.05) is 27.7 Å². The van der Waals surface area contributed by atoms with Gasteiger partial charge in [0, 0.05) is 10.7 Å². The number of ether oxygens (including phenoxy) is 1. The number of fused-ring (bicyclic) bond motifs is 1. The predicted molar refractivity (Wildman–Crippen MR) is 76.7 cm³/mol. The van der Waals surface area contributed by atoms with Gasteiger partial charge < -0.3 is 4.74 Å². The Labute approximate surface area is 119 Å². The van der Waals surface area contributed by atoms with Gasteiger partial charge in [-0.1, -0.05) is 0 Å². The zero-order valence-electron chi connectivity index (χ0n) is 11.9. The van der Waals surface area contributed by atoms with Crippen LogP contribution in [0, 0.1) is 20.8 Å². The molecule has 1 aromatic rings. The van der Waals surface area contributed by atoms with E-state index in [1.165, 1.54) is 0 Å². The summed E-state index contributed by atoms with van der Waals surface area (Å²) in [5, 5.41) is 0. The van der Waals surface area contributed by atoms with Crippen LogP contribution in [0.4, 0.5) is 0 Å². The predicted octanol–water partition coefficient (Wildman–Crippen LogP) is 3.64. The number of benzene rings is 1. The minimum absolute atomic E-state index is 0.210. The van der Waals surface area contributed by atoms with Crippen molar-refractivity contribution < 1.29 is 13.2 Å². The van der Waals surface area contributed by atoms with Gasteiger partial charge in [0.05, 0.1) is 4.90 Å². The van der Waals surface area contributed by atoms with Gasteiger partial charge in [0.1, 0.15) is 11.4 Å². The van der Waals surface area contributed by atoms with E-state index in [-0.39, 0.29) is 10.5 Å². The Balaban J connectivity index is 2.78. The number of hydrogen-bond donors (Lipinski definition) is 0. The van der Waals surface area contributed by atoms with Crippen LogP contribution in [0.25, 0.3) is 0 Å². The molecule has 0 unspecified atom stereocenters. The van der Waals surface area contributed by atoms with E-state index < -0.39 is 9.05 Å². The average Bonchev–Trinajstić information content (AvgIpc) is 2.23. The monoisotopic (exact) mass is 302 g/mol. The highest BCUT2D eigenvalue weighted by atomic mass is 35.7. The maximum atomic E-state index is 11.8. The second kappa shape index (κ2) is 4.38. The molecule has 0 radical (unpaired) electrons. The maximum Gasteiger partial charge on any atom is 0.261 e. The Hall–Kier alpha value is -0.740. The van der Waals surface area contributed by atoms with E-state index in [0.717, 1.165) is 35.3 Å². The SMILES string of the molecule is Cc1c(C)c(S(=O)(=O)Cl)c(C)c2c1OC(C)(C)CC2. The largest absolute Gasteiger partial charge is 0.487 e. The summed E-state index contributed by atoms with van der Waals surface area (Å²) in [6.45, 7) is 9.57. The van der Waals surface area contributed by atoms with Crippen molar-refractivity contribution in [1.29, 1.82) is 0 Å². The molecule has 0 saturated heterocycles. The van der Waals surface area contributed by atoms with Gasteiger partial charge in [0.2, 0.25) is 0 Å². The van der Waals surface area contributed by atoms with Crippen LogP contribution in [-0.2, 0) is 15.5 Å². The van der Waals surface area contributed by atoms with Crippen molar-refractivity contribution in [2.75, 3.05) is 0 Å². The van der Waals surface area contributed by atoms with Crippen molar-refractivity contribution in [2.24, 2.45) is 0 Å². The first-order chi connectivity index (χ1) is 8.54. The van der Waals surface area contributed by atoms with E-state index in [1.54, 1.807) is 6.92 Å². The maximum absolute atomic E-state index is 11.8. The van der Waals surface area contributed by atoms with Gasteiger partial charge in [-0.15, -0.1) is 0 Å². The third kappa shape index (κ3) is 2.48. The first-order valence-electron chi connectivity index (χ1n) is 6.31. The Morgan fingerprint density at radius 2 is 1.68 bits per heavy atom. The molecule has 0 amide bonds. The van der Waals surface area contributed by atoms with Crippen molar-refractivity contribution in [3.05, 3.63) is 22.3 Å². The van der Waals surface area contributed by atoms with Crippen molar-refractivity contribution >= 4 is 19.7 Å². The first-order valence-corrected chi connectivity index (χ1v) is 8.62. The Morgan fingerprint density at radius 1 is 1.11 bits per heavy atom. The number of rotatable bonds is 1. The minimum atomic E-state index is -3.73. The van der Waals surface area contributed by atoms with Crippen LogP contribution in [-0.4, -0.2) is 14.0 Å². The fraction of sp³-hybridized carbons (Fsp3) is 0.571. The van der Waals surface area contributed by atoms with Crippen LogP contribution in [0.1, 0.15) is 42.5 Å². The minimum Gasteiger partial charge on any atom is -0.487 e. The second-order valence-electron chi connectivity index (χ2n) is 5.81. The lowest BCUT2D eigenvalue weighted by atomic mass is 9.88. The normalized spacial score (nSPS) is 17.8. The quantitative estimate of drug-likeness (QED) is 0.744. The van der Waals surface area contributed by atoms with Gasteiger partial charge in [0.25, 0.3) is 9.05 Å². The van der Waals surface area contributed by atoms with Crippen LogP contribution in [0.15, 0.2) is 4.90 Å². The van der Waals surface area contributed by atoms with Crippen molar-refractivity contribution in [2.45, 2.75) is 58.0 Å². The van der Waals surface area contributed by atoms with Crippen molar-refractivity contribution in [3.63, 3.8) is 0 Å². The standard InChI is InChI=1S/C14H19ClO3S/c1-8-9(2)13(19(15,16)17)10(3)11-6-7-14(4,5)18-12(8)11/h6-7H2,1-5H3. The van der Waals surface area contributed by atoms with Crippen molar-refractivity contribution in [1.82, 2.24) is 0 Å². The molecule has 1 aliphatic rings. The first kappa shape index (κ1) is 14.7. The molecule has 0 N–H and O–H groups in total. The lowest BCUT2D eigenvalue weighted by molar-refractivity contribution is 0.0832. The summed E-state index contributed by atoms with van der Waals surface area (Å²) < 4.78 is 29.6. The molecule has 0 spiro atoms. The molecule has 0 atom stereocenters. The molecule has 0 aromatic heterocycles. The number of hydrogen-bond acceptors (Lipinski definition) is 3. The lowest BCUT2D eigenvalue weighted by Gasteiger charge is -2.35. The molecule has 5 heteroatoms. The van der Waals surface area contributed by atoms with E-state index >= 15 is 0 Å². The Kier molecular flexibility index (Phi) is 3.38. The summed E-state index contributed by atoms with van der Waals surface area (Å²) in [4.78, 5) is 0.244. The highest BCUT2D eigenvalue weighted by molar-refractivity contribution is 8.13. The molecule has 3 nitrogen and oxygen atoms in total. The van der Waals surface area contributed by atoms with E-state index in [0.29, 0.717) is 5.56 Å². The third-order valence-electron chi connectivity index (χ3n) is 3.91. The summed E-state index contributed by atoms with van der Waals surface area (Å²) >= 11 is 0. The summed E-state index contributed by atoms with van der Waals surface area (Å²) in [6, 6.07) is 0. The van der Waals surface area contributed by atoms with Crippen LogP contribution >= 0.6 is 10.7 Å². The molecule has 0 aliphatic carbocycles. The molecule has 2 rings (SSSR count). The third-order valence-corrected chi connectivity index (χ3v) is 5.47. The van der Waals surface area contributed by atoms with Gasteiger partial charge in [-0.2, -0.15) is 0 Å². The topological polar surface area (TPSA) is 43.4 Å². The zero-order valence-corrected chi connectivity index (χ0v) is 13.5. The molecule has 106 valence electrons. The molecule has 0 saturated carbocycles. The summed E-state index contributed by atoms with van der Waals surface area (Å²) in [6.07, 6.45) is 1.68. The van der Waals surface area contributed by atoms with Gasteiger partial charge in [-0.25, -0.2) is 8.42 Å². The van der Waals surface area contributed by atoms with Crippen LogP contribution in [0.3, 0.4) is 0 Å². The number of halogens is 1. The molecular formula is C14H19ClO3S. The van der Waals surface area contributed by atoms with Gasteiger partial charge >= 0.3 is 0 Å². The molecular weight excluding hydrogens is 284 g/mol. The molecule has 19 heavy (non-hydrogen) atoms. The molecule has 0 fully saturated rings. The second-order valence-corrected chi connectivity index (χ2v) is 8.31. The van der Waals surface area contributed by atoms with Crippen LogP contribution in [0.2, 0.25) is 0 Å². The fourth-order valence-corrected chi connectivity index (χ4v) is 4.42. The van der Waals surface area contributed by atoms with Gasteiger partial charge in [-0.05, 0) is 69.7 Å². The Morgan fingerprint density at radius 3 is 2.21 bits per heavy atom. The smallest absolute Gasteiger partial charge is 0.261 e. The van der Waals surface area contributed by atoms with Gasteiger partial charge in [0.15, 0.2) is 0 Å². The zero-order chi connectivity index (χ0) is 14.6. The summed E-state index contributed by atoms with van der Waals surface area (Å²) in [7, 11) is 1.84.